The van der Waals surface area contributed by atoms with E-state index in [4.69, 9.17) is 9.47 Å². The molecule has 9 heteroatoms. The number of aromatic nitrogens is 1. The second-order valence-electron chi connectivity index (χ2n) is 8.35. The molecule has 2 aliphatic rings. The van der Waals surface area contributed by atoms with Crippen LogP contribution in [0.5, 0.6) is 0 Å². The molecule has 2 aromatic carbocycles. The molecule has 1 aromatic heterocycles. The molecule has 174 valence electrons. The number of rotatable bonds is 6. The lowest BCUT2D eigenvalue weighted by Gasteiger charge is -2.30. The zero-order valence-electron chi connectivity index (χ0n) is 18.4. The maximum atomic E-state index is 13.3. The molecule has 0 aliphatic carbocycles. The van der Waals surface area contributed by atoms with E-state index in [1.807, 2.05) is 24.3 Å². The highest BCUT2D eigenvalue weighted by molar-refractivity contribution is 5.97. The van der Waals surface area contributed by atoms with Crippen LogP contribution < -0.4 is 5.32 Å². The summed E-state index contributed by atoms with van der Waals surface area (Å²) in [5, 5.41) is 3.70. The largest absolute Gasteiger partial charge is 0.467 e. The van der Waals surface area contributed by atoms with Gasteiger partial charge in [-0.15, -0.1) is 0 Å². The first-order valence-electron chi connectivity index (χ1n) is 11.0. The first-order valence-corrected chi connectivity index (χ1v) is 11.0. The van der Waals surface area contributed by atoms with Gasteiger partial charge in [-0.2, -0.15) is 0 Å². The van der Waals surface area contributed by atoms with Crippen LogP contribution in [0.3, 0.4) is 0 Å². The van der Waals surface area contributed by atoms with Gasteiger partial charge < -0.3 is 19.8 Å². The quantitative estimate of drug-likeness (QED) is 0.544. The lowest BCUT2D eigenvalue weighted by Crippen LogP contribution is -2.52. The van der Waals surface area contributed by atoms with Gasteiger partial charge in [-0.25, -0.2) is 9.59 Å². The maximum absolute atomic E-state index is 13.3. The van der Waals surface area contributed by atoms with Crippen LogP contribution in [-0.2, 0) is 30.3 Å². The standard InChI is InChI=1S/C25H23N3O6/c1-33-25(32)19(12-14-13-26-18-9-5-4-6-15(14)18)27-22(30)20-10-11-21(29)28(20)23-16-7-2-3-8-17(16)24(31)34-23/h2-9,13,19-20,23,26H,10-12H2,1H3,(H,27,30)/t19-,20-,23+/m0/s1. The van der Waals surface area contributed by atoms with Gasteiger partial charge in [0.1, 0.15) is 12.1 Å². The third kappa shape index (κ3) is 3.68. The number of ether oxygens (including phenoxy) is 2. The molecule has 0 saturated carbocycles. The summed E-state index contributed by atoms with van der Waals surface area (Å²) in [4.78, 5) is 55.3. The summed E-state index contributed by atoms with van der Waals surface area (Å²) in [5.41, 5.74) is 2.69. The number of fused-ring (bicyclic) bond motifs is 2. The second-order valence-corrected chi connectivity index (χ2v) is 8.35. The van der Waals surface area contributed by atoms with Crippen molar-refractivity contribution in [3.8, 4) is 0 Å². The number of hydrogen-bond donors (Lipinski definition) is 2. The zero-order chi connectivity index (χ0) is 23.8. The van der Waals surface area contributed by atoms with Crippen molar-refractivity contribution >= 4 is 34.7 Å². The lowest BCUT2D eigenvalue weighted by atomic mass is 10.0. The molecule has 2 aliphatic heterocycles. The van der Waals surface area contributed by atoms with E-state index in [0.29, 0.717) is 11.1 Å². The fraction of sp³-hybridized carbons (Fsp3) is 0.280. The number of amides is 2. The Morgan fingerprint density at radius 1 is 1.18 bits per heavy atom. The van der Waals surface area contributed by atoms with Crippen LogP contribution in [-0.4, -0.2) is 52.8 Å². The summed E-state index contributed by atoms with van der Waals surface area (Å²) in [6.07, 6.45) is 1.43. The lowest BCUT2D eigenvalue weighted by molar-refractivity contribution is -0.149. The van der Waals surface area contributed by atoms with Crippen LogP contribution in [0.1, 0.15) is 40.6 Å². The topological polar surface area (TPSA) is 118 Å². The first-order chi connectivity index (χ1) is 16.5. The molecule has 3 atom stereocenters. The number of carbonyl (C=O) groups excluding carboxylic acids is 4. The van der Waals surface area contributed by atoms with Crippen molar-refractivity contribution in [3.05, 3.63) is 71.4 Å². The number of aromatic amines is 1. The van der Waals surface area contributed by atoms with Gasteiger partial charge in [0.2, 0.25) is 18.0 Å². The number of H-pyrrole nitrogens is 1. The molecule has 3 aromatic rings. The molecule has 1 fully saturated rings. The number of cyclic esters (lactones) is 1. The number of nitrogens with one attached hydrogen (secondary N) is 2. The summed E-state index contributed by atoms with van der Waals surface area (Å²) in [6, 6.07) is 12.6. The molecule has 34 heavy (non-hydrogen) atoms. The molecule has 5 rings (SSSR count). The maximum Gasteiger partial charge on any atom is 0.340 e. The third-order valence-corrected chi connectivity index (χ3v) is 6.38. The highest BCUT2D eigenvalue weighted by atomic mass is 16.6. The minimum Gasteiger partial charge on any atom is -0.467 e. The van der Waals surface area contributed by atoms with E-state index in [1.165, 1.54) is 12.0 Å². The predicted octanol–water partition coefficient (Wildman–Crippen LogP) is 2.23. The molecule has 0 bridgehead atoms. The Bertz CT molecular complexity index is 1300. The van der Waals surface area contributed by atoms with Crippen LogP contribution in [0.15, 0.2) is 54.7 Å². The Morgan fingerprint density at radius 2 is 1.94 bits per heavy atom. The molecule has 9 nitrogen and oxygen atoms in total. The SMILES string of the molecule is COC(=O)[C@H](Cc1c[nH]c2ccccc12)NC(=O)[C@@H]1CCC(=O)N1[C@@H]1OC(=O)c2ccccc21. The van der Waals surface area contributed by atoms with E-state index in [-0.39, 0.29) is 25.2 Å². The van der Waals surface area contributed by atoms with Gasteiger partial charge in [0.25, 0.3) is 0 Å². The summed E-state index contributed by atoms with van der Waals surface area (Å²) in [7, 11) is 1.26. The van der Waals surface area contributed by atoms with E-state index in [1.54, 1.807) is 30.5 Å². The van der Waals surface area contributed by atoms with E-state index >= 15 is 0 Å². The first kappa shape index (κ1) is 21.7. The smallest absolute Gasteiger partial charge is 0.340 e. The average molecular weight is 461 g/mol. The average Bonchev–Trinajstić information content (AvgIpc) is 3.53. The molecule has 2 amide bonds. The Hall–Kier alpha value is -4.14. The monoisotopic (exact) mass is 461 g/mol. The van der Waals surface area contributed by atoms with E-state index in [2.05, 4.69) is 10.3 Å². The van der Waals surface area contributed by atoms with E-state index in [9.17, 15) is 19.2 Å². The van der Waals surface area contributed by atoms with Gasteiger partial charge >= 0.3 is 11.9 Å². The predicted molar refractivity (Wildman–Crippen MR) is 120 cm³/mol. The van der Waals surface area contributed by atoms with Crippen LogP contribution in [0.4, 0.5) is 0 Å². The number of methoxy groups -OCH3 is 1. The summed E-state index contributed by atoms with van der Waals surface area (Å²) in [6.45, 7) is 0. The van der Waals surface area contributed by atoms with Gasteiger partial charge in [0.15, 0.2) is 0 Å². The molecular formula is C25H23N3O6. The van der Waals surface area contributed by atoms with Gasteiger partial charge in [0.05, 0.1) is 12.7 Å². The second kappa shape index (κ2) is 8.66. The number of hydrogen-bond acceptors (Lipinski definition) is 6. The van der Waals surface area contributed by atoms with Crippen molar-refractivity contribution in [2.24, 2.45) is 0 Å². The Morgan fingerprint density at radius 3 is 2.76 bits per heavy atom. The number of esters is 2. The molecule has 0 unspecified atom stereocenters. The fourth-order valence-electron chi connectivity index (χ4n) is 4.71. The zero-order valence-corrected chi connectivity index (χ0v) is 18.4. The van der Waals surface area contributed by atoms with Crippen LogP contribution in [0.2, 0.25) is 0 Å². The molecule has 2 N–H and O–H groups in total. The van der Waals surface area contributed by atoms with Crippen molar-refractivity contribution < 1.29 is 28.7 Å². The van der Waals surface area contributed by atoms with Crippen molar-refractivity contribution in [3.63, 3.8) is 0 Å². The Kier molecular flexibility index (Phi) is 5.53. The van der Waals surface area contributed by atoms with Crippen LogP contribution >= 0.6 is 0 Å². The van der Waals surface area contributed by atoms with E-state index in [0.717, 1.165) is 16.5 Å². The van der Waals surface area contributed by atoms with Crippen LogP contribution in [0, 0.1) is 0 Å². The Labute approximate surface area is 195 Å². The number of likely N-dealkylation sites (tertiary alicyclic amines) is 1. The highest BCUT2D eigenvalue weighted by Gasteiger charge is 2.46. The normalized spacial score (nSPS) is 20.2. The number of para-hydroxylation sites is 1. The van der Waals surface area contributed by atoms with Gasteiger partial charge in [-0.05, 0) is 24.1 Å². The molecular weight excluding hydrogens is 438 g/mol. The minimum atomic E-state index is -0.973. The van der Waals surface area contributed by atoms with Crippen molar-refractivity contribution in [2.45, 2.75) is 37.6 Å². The molecule has 3 heterocycles. The van der Waals surface area contributed by atoms with Gasteiger partial charge in [0, 0.05) is 35.5 Å². The summed E-state index contributed by atoms with van der Waals surface area (Å²) in [5.74, 6) is -1.92. The van der Waals surface area contributed by atoms with Crippen molar-refractivity contribution in [1.29, 1.82) is 0 Å². The van der Waals surface area contributed by atoms with Crippen molar-refractivity contribution in [2.75, 3.05) is 7.11 Å². The summed E-state index contributed by atoms with van der Waals surface area (Å²) >= 11 is 0. The molecule has 0 spiro atoms. The summed E-state index contributed by atoms with van der Waals surface area (Å²) < 4.78 is 10.4. The Balaban J connectivity index is 1.38. The number of carbonyl (C=O) groups is 4. The number of nitrogens with zero attached hydrogens (tertiary/aromatic N) is 1. The van der Waals surface area contributed by atoms with Crippen LogP contribution in [0.25, 0.3) is 10.9 Å². The number of benzene rings is 2. The van der Waals surface area contributed by atoms with Crippen molar-refractivity contribution in [1.82, 2.24) is 15.2 Å². The highest BCUT2D eigenvalue weighted by Crippen LogP contribution is 2.38. The van der Waals surface area contributed by atoms with Gasteiger partial charge in [-0.3, -0.25) is 14.5 Å². The van der Waals surface area contributed by atoms with E-state index < -0.39 is 36.2 Å². The fourth-order valence-corrected chi connectivity index (χ4v) is 4.71. The minimum absolute atomic E-state index is 0.139. The van der Waals surface area contributed by atoms with Gasteiger partial charge in [-0.1, -0.05) is 36.4 Å². The molecule has 0 radical (unpaired) electrons. The third-order valence-electron chi connectivity index (χ3n) is 6.38. The molecule has 1 saturated heterocycles.